The second-order valence-corrected chi connectivity index (χ2v) is 5.64. The number of carboxylic acid groups (broad SMARTS) is 1. The van der Waals surface area contributed by atoms with Gasteiger partial charge in [0.1, 0.15) is 11.5 Å². The van der Waals surface area contributed by atoms with Crippen molar-refractivity contribution in [1.29, 1.82) is 0 Å². The summed E-state index contributed by atoms with van der Waals surface area (Å²) in [6.07, 6.45) is 1.26. The minimum Gasteiger partial charge on any atom is -0.508 e. The Labute approximate surface area is 136 Å². The lowest BCUT2D eigenvalue weighted by Crippen LogP contribution is -2.14. The first-order chi connectivity index (χ1) is 11.0. The molecule has 4 nitrogen and oxygen atoms in total. The van der Waals surface area contributed by atoms with Gasteiger partial charge in [0.2, 0.25) is 0 Å². The summed E-state index contributed by atoms with van der Waals surface area (Å²) >= 11 is 0. The number of carbonyl (C=O) groups is 1. The highest BCUT2D eigenvalue weighted by Crippen LogP contribution is 2.27. The van der Waals surface area contributed by atoms with Crippen molar-refractivity contribution >= 4 is 5.97 Å². The van der Waals surface area contributed by atoms with E-state index in [2.05, 4.69) is 0 Å². The van der Waals surface area contributed by atoms with Gasteiger partial charge in [-0.1, -0.05) is 31.2 Å². The molecule has 2 rings (SSSR count). The van der Waals surface area contributed by atoms with Crippen molar-refractivity contribution in [1.82, 2.24) is 0 Å². The maximum Gasteiger partial charge on any atom is 0.311 e. The molecule has 122 valence electrons. The number of benzene rings is 2. The second kappa shape index (κ2) is 7.68. The molecule has 0 amide bonds. The van der Waals surface area contributed by atoms with E-state index >= 15 is 0 Å². The first kappa shape index (κ1) is 16.9. The minimum atomic E-state index is -0.880. The lowest BCUT2D eigenvalue weighted by Gasteiger charge is -2.16. The summed E-state index contributed by atoms with van der Waals surface area (Å²) in [7, 11) is 0. The van der Waals surface area contributed by atoms with Crippen LogP contribution in [-0.4, -0.2) is 22.8 Å². The highest BCUT2D eigenvalue weighted by Gasteiger charge is 2.21. The Morgan fingerprint density at radius 2 is 2.00 bits per heavy atom. The normalized spacial score (nSPS) is 11.9. The van der Waals surface area contributed by atoms with Gasteiger partial charge >= 0.3 is 5.97 Å². The number of phenolic OH excluding ortho intramolecular Hbond substituents is 1. The molecule has 2 aromatic carbocycles. The first-order valence-corrected chi connectivity index (χ1v) is 7.75. The van der Waals surface area contributed by atoms with Crippen LogP contribution in [0.3, 0.4) is 0 Å². The summed E-state index contributed by atoms with van der Waals surface area (Å²) in [5.74, 6) is -0.603. The van der Waals surface area contributed by atoms with Crippen LogP contribution in [0, 0.1) is 6.92 Å². The molecule has 0 aliphatic heterocycles. The van der Waals surface area contributed by atoms with E-state index in [0.717, 1.165) is 28.9 Å². The number of hydrogen-bond donors (Lipinski definition) is 2. The molecule has 1 unspecified atom stereocenters. The maximum atomic E-state index is 11.7. The fourth-order valence-corrected chi connectivity index (χ4v) is 2.53. The van der Waals surface area contributed by atoms with Crippen molar-refractivity contribution in [3.63, 3.8) is 0 Å². The molecule has 2 aromatic rings. The molecular formula is C19H22O4. The van der Waals surface area contributed by atoms with E-state index in [1.54, 1.807) is 24.3 Å². The predicted octanol–water partition coefficient (Wildman–Crippen LogP) is 3.90. The quantitative estimate of drug-likeness (QED) is 0.813. The zero-order chi connectivity index (χ0) is 16.8. The van der Waals surface area contributed by atoms with Crippen molar-refractivity contribution in [3.05, 3.63) is 59.2 Å². The van der Waals surface area contributed by atoms with Gasteiger partial charge in [0.05, 0.1) is 12.5 Å². The van der Waals surface area contributed by atoms with Crippen molar-refractivity contribution in [3.8, 4) is 11.5 Å². The molecule has 2 N–H and O–H groups in total. The predicted molar refractivity (Wildman–Crippen MR) is 89.2 cm³/mol. The number of rotatable bonds is 7. The zero-order valence-corrected chi connectivity index (χ0v) is 13.5. The highest BCUT2D eigenvalue weighted by atomic mass is 16.5. The summed E-state index contributed by atoms with van der Waals surface area (Å²) in [6, 6.07) is 12.2. The first-order valence-electron chi connectivity index (χ1n) is 7.75. The van der Waals surface area contributed by atoms with Gasteiger partial charge in [-0.3, -0.25) is 4.79 Å². The zero-order valence-electron chi connectivity index (χ0n) is 13.5. The third-order valence-electron chi connectivity index (χ3n) is 3.71. The van der Waals surface area contributed by atoms with E-state index in [1.807, 2.05) is 32.0 Å². The fourth-order valence-electron chi connectivity index (χ4n) is 2.53. The number of aryl methyl sites for hydroxylation is 1. The van der Waals surface area contributed by atoms with Crippen molar-refractivity contribution in [2.24, 2.45) is 0 Å². The van der Waals surface area contributed by atoms with Crippen LogP contribution < -0.4 is 4.74 Å². The molecule has 0 aliphatic rings. The standard InChI is InChI=1S/C19H22O4/c1-3-9-23-18-8-7-15(10-13(18)2)17(19(21)22)12-14-5-4-6-16(20)11-14/h4-8,10-11,17,20H,3,9,12H2,1-2H3,(H,21,22). The molecule has 4 heteroatoms. The second-order valence-electron chi connectivity index (χ2n) is 5.64. The number of aliphatic carboxylic acids is 1. The summed E-state index contributed by atoms with van der Waals surface area (Å²) in [4.78, 5) is 11.7. The van der Waals surface area contributed by atoms with Gasteiger partial charge in [-0.25, -0.2) is 0 Å². The van der Waals surface area contributed by atoms with E-state index in [0.29, 0.717) is 13.0 Å². The van der Waals surface area contributed by atoms with Gasteiger partial charge in [-0.05, 0) is 54.7 Å². The molecule has 0 aliphatic carbocycles. The third-order valence-corrected chi connectivity index (χ3v) is 3.71. The Kier molecular flexibility index (Phi) is 5.63. The van der Waals surface area contributed by atoms with Gasteiger partial charge in [0.15, 0.2) is 0 Å². The van der Waals surface area contributed by atoms with Crippen LogP contribution in [0.15, 0.2) is 42.5 Å². The third kappa shape index (κ3) is 4.49. The summed E-state index contributed by atoms with van der Waals surface area (Å²) in [5.41, 5.74) is 2.46. The molecule has 0 radical (unpaired) electrons. The number of carboxylic acids is 1. The van der Waals surface area contributed by atoms with Gasteiger partial charge in [0.25, 0.3) is 0 Å². The molecule has 0 heterocycles. The van der Waals surface area contributed by atoms with Gasteiger partial charge in [0, 0.05) is 0 Å². The summed E-state index contributed by atoms with van der Waals surface area (Å²) in [6.45, 7) is 4.60. The van der Waals surface area contributed by atoms with Crippen LogP contribution in [-0.2, 0) is 11.2 Å². The van der Waals surface area contributed by atoms with Gasteiger partial charge < -0.3 is 14.9 Å². The molecule has 1 atom stereocenters. The molecule has 0 bridgehead atoms. The van der Waals surface area contributed by atoms with E-state index in [9.17, 15) is 15.0 Å². The van der Waals surface area contributed by atoms with E-state index in [1.165, 1.54) is 0 Å². The van der Waals surface area contributed by atoms with E-state index in [4.69, 9.17) is 4.74 Å². The monoisotopic (exact) mass is 314 g/mol. The summed E-state index contributed by atoms with van der Waals surface area (Å²) in [5, 5.41) is 19.1. The average molecular weight is 314 g/mol. The SMILES string of the molecule is CCCOc1ccc(C(Cc2cccc(O)c2)C(=O)O)cc1C. The molecule has 0 aromatic heterocycles. The van der Waals surface area contributed by atoms with E-state index in [-0.39, 0.29) is 5.75 Å². The highest BCUT2D eigenvalue weighted by molar-refractivity contribution is 5.76. The number of aromatic hydroxyl groups is 1. The number of phenols is 1. The molecular weight excluding hydrogens is 292 g/mol. The largest absolute Gasteiger partial charge is 0.508 e. The molecule has 0 fully saturated rings. The van der Waals surface area contributed by atoms with Crippen LogP contribution in [0.1, 0.15) is 36.0 Å². The van der Waals surface area contributed by atoms with Crippen LogP contribution in [0.5, 0.6) is 11.5 Å². The van der Waals surface area contributed by atoms with Gasteiger partial charge in [-0.15, -0.1) is 0 Å². The molecule has 0 saturated heterocycles. The molecule has 23 heavy (non-hydrogen) atoms. The van der Waals surface area contributed by atoms with Crippen molar-refractivity contribution < 1.29 is 19.7 Å². The number of ether oxygens (including phenoxy) is 1. The van der Waals surface area contributed by atoms with Crippen molar-refractivity contribution in [2.45, 2.75) is 32.6 Å². The van der Waals surface area contributed by atoms with Crippen LogP contribution >= 0.6 is 0 Å². The fraction of sp³-hybridized carbons (Fsp3) is 0.316. The van der Waals surface area contributed by atoms with Crippen LogP contribution in [0.4, 0.5) is 0 Å². The minimum absolute atomic E-state index is 0.145. The molecule has 0 saturated carbocycles. The van der Waals surface area contributed by atoms with Gasteiger partial charge in [-0.2, -0.15) is 0 Å². The smallest absolute Gasteiger partial charge is 0.311 e. The average Bonchev–Trinajstić information content (AvgIpc) is 2.51. The van der Waals surface area contributed by atoms with Crippen molar-refractivity contribution in [2.75, 3.05) is 6.61 Å². The van der Waals surface area contributed by atoms with Crippen LogP contribution in [0.25, 0.3) is 0 Å². The number of hydrogen-bond acceptors (Lipinski definition) is 3. The van der Waals surface area contributed by atoms with Crippen LogP contribution in [0.2, 0.25) is 0 Å². The molecule has 0 spiro atoms. The topological polar surface area (TPSA) is 66.8 Å². The Hall–Kier alpha value is -2.49. The Morgan fingerprint density at radius 3 is 2.61 bits per heavy atom. The lowest BCUT2D eigenvalue weighted by molar-refractivity contribution is -0.138. The lowest BCUT2D eigenvalue weighted by atomic mass is 9.91. The maximum absolute atomic E-state index is 11.7. The Bertz CT molecular complexity index is 679. The Morgan fingerprint density at radius 1 is 1.22 bits per heavy atom. The van der Waals surface area contributed by atoms with E-state index < -0.39 is 11.9 Å². The summed E-state index contributed by atoms with van der Waals surface area (Å²) < 4.78 is 5.63. The Balaban J connectivity index is 2.24.